The molecular formula is C10H11N5O3S. The third-order valence-corrected chi connectivity index (χ3v) is 3.09. The van der Waals surface area contributed by atoms with E-state index in [1.54, 1.807) is 0 Å². The van der Waals surface area contributed by atoms with Gasteiger partial charge in [0, 0.05) is 0 Å². The summed E-state index contributed by atoms with van der Waals surface area (Å²) in [6, 6.07) is 2.76. The zero-order valence-electron chi connectivity index (χ0n) is 9.98. The molecule has 19 heavy (non-hydrogen) atoms. The summed E-state index contributed by atoms with van der Waals surface area (Å²) >= 11 is 1.47. The number of hydrogen-bond acceptors (Lipinski definition) is 6. The van der Waals surface area contributed by atoms with Crippen molar-refractivity contribution >= 4 is 23.2 Å². The van der Waals surface area contributed by atoms with Crippen LogP contribution >= 0.6 is 11.3 Å². The molecule has 0 radical (unpaired) electrons. The van der Waals surface area contributed by atoms with Crippen LogP contribution in [-0.4, -0.2) is 43.2 Å². The van der Waals surface area contributed by atoms with Crippen LogP contribution in [0.3, 0.4) is 0 Å². The number of nitrogens with one attached hydrogen (secondary N) is 1. The Morgan fingerprint density at radius 2 is 2.37 bits per heavy atom. The number of hydrogen-bond donors (Lipinski definition) is 2. The summed E-state index contributed by atoms with van der Waals surface area (Å²) in [5.74, 6) is -1.14. The Hall–Kier alpha value is -2.29. The van der Waals surface area contributed by atoms with Crippen LogP contribution in [0, 0.1) is 0 Å². The van der Waals surface area contributed by atoms with Gasteiger partial charge in [-0.05, 0) is 23.6 Å². The fraction of sp³-hybridized carbons (Fsp3) is 0.300. The first-order valence-corrected chi connectivity index (χ1v) is 6.28. The van der Waals surface area contributed by atoms with E-state index >= 15 is 0 Å². The lowest BCUT2D eigenvalue weighted by Gasteiger charge is -2.07. The molecule has 0 spiro atoms. The number of carbonyl (C=O) groups is 2. The Labute approximate surface area is 112 Å². The summed E-state index contributed by atoms with van der Waals surface area (Å²) < 4.78 is 0. The number of carboxylic acids is 1. The molecule has 0 fully saturated rings. The summed E-state index contributed by atoms with van der Waals surface area (Å²) in [6.07, 6.45) is 0. The summed E-state index contributed by atoms with van der Waals surface area (Å²) in [5.41, 5.74) is 0. The number of aliphatic carboxylic acids is 1. The van der Waals surface area contributed by atoms with Crippen LogP contribution in [0.25, 0.3) is 10.7 Å². The van der Waals surface area contributed by atoms with Gasteiger partial charge >= 0.3 is 5.97 Å². The Morgan fingerprint density at radius 1 is 1.58 bits per heavy atom. The highest BCUT2D eigenvalue weighted by Crippen LogP contribution is 2.19. The second-order valence-corrected chi connectivity index (χ2v) is 4.70. The molecule has 1 atom stereocenters. The van der Waals surface area contributed by atoms with Crippen LogP contribution in [0.15, 0.2) is 17.5 Å². The van der Waals surface area contributed by atoms with Crippen LogP contribution in [0.5, 0.6) is 0 Å². The maximum Gasteiger partial charge on any atom is 0.325 e. The zero-order chi connectivity index (χ0) is 13.8. The predicted molar refractivity (Wildman–Crippen MR) is 66.4 cm³/mol. The van der Waals surface area contributed by atoms with E-state index < -0.39 is 17.9 Å². The standard InChI is InChI=1S/C10H11N5O3S/c1-6(10(17)18)11-8(16)5-15-13-9(12-14-15)7-3-2-4-19-7/h2-4,6H,5H2,1H3,(H,11,16)(H,17,18). The van der Waals surface area contributed by atoms with Crippen molar-refractivity contribution in [1.82, 2.24) is 25.5 Å². The Balaban J connectivity index is 1.97. The summed E-state index contributed by atoms with van der Waals surface area (Å²) in [5, 5.41) is 24.5. The highest BCUT2D eigenvalue weighted by molar-refractivity contribution is 7.13. The first-order chi connectivity index (χ1) is 9.06. The second kappa shape index (κ2) is 5.57. The number of carbonyl (C=O) groups excluding carboxylic acids is 1. The molecule has 1 amide bonds. The van der Waals surface area contributed by atoms with Gasteiger partial charge in [0.05, 0.1) is 4.88 Å². The Morgan fingerprint density at radius 3 is 3.00 bits per heavy atom. The Kier molecular flexibility index (Phi) is 3.85. The van der Waals surface area contributed by atoms with Crippen molar-refractivity contribution < 1.29 is 14.7 Å². The number of nitrogens with zero attached hydrogens (tertiary/aromatic N) is 4. The maximum atomic E-state index is 11.5. The van der Waals surface area contributed by atoms with Crippen LogP contribution in [0.2, 0.25) is 0 Å². The largest absolute Gasteiger partial charge is 0.480 e. The van der Waals surface area contributed by atoms with Gasteiger partial charge in [-0.3, -0.25) is 9.59 Å². The molecule has 0 saturated heterocycles. The second-order valence-electron chi connectivity index (χ2n) is 3.75. The van der Waals surface area contributed by atoms with Crippen molar-refractivity contribution in [3.8, 4) is 10.7 Å². The fourth-order valence-corrected chi connectivity index (χ4v) is 1.94. The van der Waals surface area contributed by atoms with Gasteiger partial charge in [-0.1, -0.05) is 6.07 Å². The van der Waals surface area contributed by atoms with Crippen molar-refractivity contribution in [3.63, 3.8) is 0 Å². The van der Waals surface area contributed by atoms with E-state index in [-0.39, 0.29) is 6.54 Å². The van der Waals surface area contributed by atoms with E-state index in [1.807, 2.05) is 17.5 Å². The molecule has 0 aromatic carbocycles. The van der Waals surface area contributed by atoms with E-state index in [0.29, 0.717) is 5.82 Å². The lowest BCUT2D eigenvalue weighted by molar-refractivity contribution is -0.141. The van der Waals surface area contributed by atoms with Crippen molar-refractivity contribution in [2.24, 2.45) is 0 Å². The quantitative estimate of drug-likeness (QED) is 0.797. The number of thiophene rings is 1. The van der Waals surface area contributed by atoms with Crippen molar-refractivity contribution in [1.29, 1.82) is 0 Å². The topological polar surface area (TPSA) is 110 Å². The maximum absolute atomic E-state index is 11.5. The average Bonchev–Trinajstić information content (AvgIpc) is 2.97. The molecular weight excluding hydrogens is 270 g/mol. The molecule has 2 heterocycles. The molecule has 0 aliphatic rings. The summed E-state index contributed by atoms with van der Waals surface area (Å²) in [4.78, 5) is 24.1. The molecule has 0 bridgehead atoms. The predicted octanol–water partition coefficient (Wildman–Crippen LogP) is -0.00910. The Bertz CT molecular complexity index is 580. The molecule has 8 nitrogen and oxygen atoms in total. The number of amides is 1. The van der Waals surface area contributed by atoms with E-state index in [0.717, 1.165) is 9.67 Å². The molecule has 100 valence electrons. The van der Waals surface area contributed by atoms with Crippen LogP contribution in [0.4, 0.5) is 0 Å². The highest BCUT2D eigenvalue weighted by atomic mass is 32.1. The molecule has 2 rings (SSSR count). The smallest absolute Gasteiger partial charge is 0.325 e. The zero-order valence-corrected chi connectivity index (χ0v) is 10.8. The molecule has 9 heteroatoms. The fourth-order valence-electron chi connectivity index (χ4n) is 1.29. The molecule has 2 aromatic heterocycles. The monoisotopic (exact) mass is 281 g/mol. The van der Waals surface area contributed by atoms with Crippen molar-refractivity contribution in [2.45, 2.75) is 19.5 Å². The van der Waals surface area contributed by atoms with E-state index in [1.165, 1.54) is 18.3 Å². The van der Waals surface area contributed by atoms with Crippen molar-refractivity contribution in [2.75, 3.05) is 0 Å². The molecule has 0 saturated carbocycles. The molecule has 1 unspecified atom stereocenters. The normalized spacial score (nSPS) is 12.1. The molecule has 2 N–H and O–H groups in total. The summed E-state index contributed by atoms with van der Waals surface area (Å²) in [7, 11) is 0. The van der Waals surface area contributed by atoms with E-state index in [4.69, 9.17) is 5.11 Å². The van der Waals surface area contributed by atoms with Crippen LogP contribution < -0.4 is 5.32 Å². The van der Waals surface area contributed by atoms with Gasteiger partial charge < -0.3 is 10.4 Å². The third kappa shape index (κ3) is 3.35. The van der Waals surface area contributed by atoms with Gasteiger partial charge in [0.15, 0.2) is 0 Å². The highest BCUT2D eigenvalue weighted by Gasteiger charge is 2.15. The van der Waals surface area contributed by atoms with Gasteiger partial charge in [0.1, 0.15) is 12.6 Å². The summed E-state index contributed by atoms with van der Waals surface area (Å²) in [6.45, 7) is 1.21. The first kappa shape index (κ1) is 13.1. The molecule has 2 aromatic rings. The van der Waals surface area contributed by atoms with Gasteiger partial charge in [-0.2, -0.15) is 4.80 Å². The number of carboxylic acid groups (broad SMARTS) is 1. The lowest BCUT2D eigenvalue weighted by Crippen LogP contribution is -2.40. The minimum absolute atomic E-state index is 0.171. The van der Waals surface area contributed by atoms with Crippen LogP contribution in [0.1, 0.15) is 6.92 Å². The minimum Gasteiger partial charge on any atom is -0.480 e. The SMILES string of the molecule is CC(NC(=O)Cn1nnc(-c2cccs2)n1)C(=O)O. The third-order valence-electron chi connectivity index (χ3n) is 2.23. The van der Waals surface area contributed by atoms with Gasteiger partial charge in [0.25, 0.3) is 0 Å². The number of rotatable bonds is 5. The van der Waals surface area contributed by atoms with Gasteiger partial charge in [0.2, 0.25) is 11.7 Å². The van der Waals surface area contributed by atoms with Gasteiger partial charge in [-0.15, -0.1) is 21.5 Å². The molecule has 0 aliphatic carbocycles. The van der Waals surface area contributed by atoms with E-state index in [9.17, 15) is 9.59 Å². The van der Waals surface area contributed by atoms with Gasteiger partial charge in [-0.25, -0.2) is 0 Å². The van der Waals surface area contributed by atoms with Crippen LogP contribution in [-0.2, 0) is 16.1 Å². The lowest BCUT2D eigenvalue weighted by atomic mass is 10.3. The number of tetrazole rings is 1. The van der Waals surface area contributed by atoms with Crippen molar-refractivity contribution in [3.05, 3.63) is 17.5 Å². The average molecular weight is 281 g/mol. The first-order valence-electron chi connectivity index (χ1n) is 5.40. The van der Waals surface area contributed by atoms with E-state index in [2.05, 4.69) is 20.7 Å². The molecule has 0 aliphatic heterocycles. The number of aromatic nitrogens is 4. The minimum atomic E-state index is -1.10.